The molecule has 0 aliphatic rings. The van der Waals surface area contributed by atoms with Crippen LogP contribution in [0, 0.1) is 0 Å². The fourth-order valence-corrected chi connectivity index (χ4v) is 5.75. The van der Waals surface area contributed by atoms with Gasteiger partial charge in [-0.05, 0) is 64.2 Å². The molecule has 0 saturated heterocycles. The number of unbranched alkanes of at least 4 members (excludes halogenated alkanes) is 21. The summed E-state index contributed by atoms with van der Waals surface area (Å²) in [5.41, 5.74) is 0. The summed E-state index contributed by atoms with van der Waals surface area (Å²) >= 11 is 0. The van der Waals surface area contributed by atoms with Crippen LogP contribution in [0.2, 0.25) is 0 Å². The first-order valence-corrected chi connectivity index (χ1v) is 19.2. The number of hydrogen-bond donors (Lipinski definition) is 5. The Bertz CT molecular complexity index is 682. The standard InChI is InChI=1S/C39H75NO5/c1-3-5-7-9-11-13-15-17-18-19-20-21-23-25-27-29-31-33-37(43)39(45)40-35(34-41)38(44)36(42)32-30-28-26-24-22-16-14-12-10-8-6-4-2/h20-21,24,26,35-38,41-44H,3-19,22-23,25,27-34H2,1-2H3,(H,40,45)/b21-20-,26-24+. The van der Waals surface area contributed by atoms with Crippen molar-refractivity contribution in [3.63, 3.8) is 0 Å². The Morgan fingerprint density at radius 2 is 0.911 bits per heavy atom. The number of aliphatic hydroxyl groups is 4. The molecule has 0 fully saturated rings. The van der Waals surface area contributed by atoms with Crippen LogP contribution in [0.4, 0.5) is 0 Å². The maximum absolute atomic E-state index is 12.4. The Kier molecular flexibility index (Phi) is 33.2. The molecule has 6 nitrogen and oxygen atoms in total. The molecule has 0 aromatic heterocycles. The van der Waals surface area contributed by atoms with Gasteiger partial charge in [0.05, 0.1) is 18.8 Å². The Labute approximate surface area is 278 Å². The van der Waals surface area contributed by atoms with Crippen molar-refractivity contribution in [2.24, 2.45) is 0 Å². The van der Waals surface area contributed by atoms with Gasteiger partial charge in [-0.1, -0.05) is 147 Å². The quantitative estimate of drug-likeness (QED) is 0.0357. The average molecular weight is 638 g/mol. The molecule has 0 bridgehead atoms. The summed E-state index contributed by atoms with van der Waals surface area (Å²) < 4.78 is 0. The van der Waals surface area contributed by atoms with E-state index in [0.717, 1.165) is 51.4 Å². The normalized spacial score (nSPS) is 14.7. The third-order valence-corrected chi connectivity index (χ3v) is 8.88. The van der Waals surface area contributed by atoms with E-state index in [1.54, 1.807) is 0 Å². The molecule has 0 aliphatic carbocycles. The molecule has 0 aliphatic heterocycles. The molecule has 45 heavy (non-hydrogen) atoms. The highest BCUT2D eigenvalue weighted by Gasteiger charge is 2.28. The number of carbonyl (C=O) groups excluding carboxylic acids is 1. The van der Waals surface area contributed by atoms with Crippen LogP contribution < -0.4 is 5.32 Å². The van der Waals surface area contributed by atoms with Gasteiger partial charge in [-0.15, -0.1) is 0 Å². The molecule has 1 amide bonds. The number of aliphatic hydroxyl groups excluding tert-OH is 4. The third-order valence-electron chi connectivity index (χ3n) is 8.88. The summed E-state index contributed by atoms with van der Waals surface area (Å²) in [5.74, 6) is -0.604. The van der Waals surface area contributed by atoms with E-state index in [2.05, 4.69) is 43.5 Å². The van der Waals surface area contributed by atoms with Gasteiger partial charge in [0.1, 0.15) is 12.2 Å². The topological polar surface area (TPSA) is 110 Å². The second kappa shape index (κ2) is 34.1. The first-order chi connectivity index (χ1) is 22.0. The molecule has 0 aromatic rings. The molecule has 0 rings (SSSR count). The van der Waals surface area contributed by atoms with Crippen molar-refractivity contribution < 1.29 is 25.2 Å². The largest absolute Gasteiger partial charge is 0.394 e. The smallest absolute Gasteiger partial charge is 0.249 e. The molecule has 0 spiro atoms. The van der Waals surface area contributed by atoms with E-state index in [1.807, 2.05) is 0 Å². The van der Waals surface area contributed by atoms with Crippen LogP contribution in [0.1, 0.15) is 187 Å². The number of amides is 1. The molecule has 0 radical (unpaired) electrons. The molecular weight excluding hydrogens is 562 g/mol. The fourth-order valence-electron chi connectivity index (χ4n) is 5.75. The summed E-state index contributed by atoms with van der Waals surface area (Å²) in [7, 11) is 0. The van der Waals surface area contributed by atoms with Crippen LogP contribution in [0.25, 0.3) is 0 Å². The van der Waals surface area contributed by atoms with Crippen molar-refractivity contribution in [1.82, 2.24) is 5.32 Å². The minimum Gasteiger partial charge on any atom is -0.394 e. The summed E-state index contributed by atoms with van der Waals surface area (Å²) in [6.07, 6.45) is 36.3. The highest BCUT2D eigenvalue weighted by atomic mass is 16.3. The molecule has 5 N–H and O–H groups in total. The monoisotopic (exact) mass is 638 g/mol. The van der Waals surface area contributed by atoms with Gasteiger partial charge in [0.15, 0.2) is 0 Å². The number of allylic oxidation sites excluding steroid dienone is 4. The minimum atomic E-state index is -1.28. The van der Waals surface area contributed by atoms with Gasteiger partial charge in [0, 0.05) is 0 Å². The Hall–Kier alpha value is -1.21. The van der Waals surface area contributed by atoms with E-state index >= 15 is 0 Å². The maximum Gasteiger partial charge on any atom is 0.249 e. The summed E-state index contributed by atoms with van der Waals surface area (Å²) in [6.45, 7) is 4.00. The highest BCUT2D eigenvalue weighted by molar-refractivity contribution is 5.80. The van der Waals surface area contributed by atoms with Crippen LogP contribution in [0.5, 0.6) is 0 Å². The van der Waals surface area contributed by atoms with Crippen LogP contribution in [-0.4, -0.2) is 57.3 Å². The zero-order valence-electron chi connectivity index (χ0n) is 29.6. The van der Waals surface area contributed by atoms with Crippen molar-refractivity contribution in [3.05, 3.63) is 24.3 Å². The molecule has 0 saturated carbocycles. The molecular formula is C39H75NO5. The number of carbonyl (C=O) groups is 1. The maximum atomic E-state index is 12.4. The predicted octanol–water partition coefficient (Wildman–Crippen LogP) is 9.23. The van der Waals surface area contributed by atoms with E-state index < -0.39 is 36.9 Å². The summed E-state index contributed by atoms with van der Waals surface area (Å²) in [4.78, 5) is 12.4. The zero-order valence-corrected chi connectivity index (χ0v) is 29.6. The van der Waals surface area contributed by atoms with E-state index in [-0.39, 0.29) is 0 Å². The highest BCUT2D eigenvalue weighted by Crippen LogP contribution is 2.14. The Morgan fingerprint density at radius 3 is 1.33 bits per heavy atom. The van der Waals surface area contributed by atoms with Crippen molar-refractivity contribution in [2.45, 2.75) is 212 Å². The van der Waals surface area contributed by atoms with Crippen LogP contribution in [0.3, 0.4) is 0 Å². The van der Waals surface area contributed by atoms with Crippen molar-refractivity contribution >= 4 is 5.91 Å². The molecule has 0 aromatic carbocycles. The van der Waals surface area contributed by atoms with E-state index in [0.29, 0.717) is 12.8 Å². The van der Waals surface area contributed by atoms with Gasteiger partial charge in [-0.25, -0.2) is 0 Å². The predicted molar refractivity (Wildman–Crippen MR) is 191 cm³/mol. The number of nitrogens with one attached hydrogen (secondary N) is 1. The Morgan fingerprint density at radius 1 is 0.533 bits per heavy atom. The minimum absolute atomic E-state index is 0.349. The lowest BCUT2D eigenvalue weighted by molar-refractivity contribution is -0.132. The number of rotatable bonds is 34. The summed E-state index contributed by atoms with van der Waals surface area (Å²) in [6, 6.07) is -1.00. The van der Waals surface area contributed by atoms with Gasteiger partial charge >= 0.3 is 0 Å². The van der Waals surface area contributed by atoms with Gasteiger partial charge in [0.2, 0.25) is 5.91 Å². The molecule has 266 valence electrons. The molecule has 0 heterocycles. The van der Waals surface area contributed by atoms with E-state index in [9.17, 15) is 25.2 Å². The van der Waals surface area contributed by atoms with Gasteiger partial charge in [-0.2, -0.15) is 0 Å². The third kappa shape index (κ3) is 28.7. The van der Waals surface area contributed by atoms with Crippen LogP contribution in [-0.2, 0) is 4.79 Å². The molecule has 4 unspecified atom stereocenters. The Balaban J connectivity index is 3.85. The first kappa shape index (κ1) is 43.8. The van der Waals surface area contributed by atoms with Gasteiger partial charge in [0.25, 0.3) is 0 Å². The lowest BCUT2D eigenvalue weighted by Crippen LogP contribution is -2.53. The molecule has 4 atom stereocenters. The second-order valence-electron chi connectivity index (χ2n) is 13.3. The van der Waals surface area contributed by atoms with Crippen molar-refractivity contribution in [2.75, 3.05) is 6.61 Å². The van der Waals surface area contributed by atoms with Gasteiger partial charge in [-0.3, -0.25) is 4.79 Å². The molecule has 6 heteroatoms. The second-order valence-corrected chi connectivity index (χ2v) is 13.3. The average Bonchev–Trinajstić information content (AvgIpc) is 3.04. The SMILES string of the molecule is CCCCCCCCC/C=C/CCCC(O)C(O)C(CO)NC(=O)C(O)CCCCCC/C=C\CCCCCCCCCCC. The van der Waals surface area contributed by atoms with E-state index in [1.165, 1.54) is 109 Å². The number of hydrogen-bond acceptors (Lipinski definition) is 5. The van der Waals surface area contributed by atoms with Crippen LogP contribution in [0.15, 0.2) is 24.3 Å². The lowest BCUT2D eigenvalue weighted by atomic mass is 10.00. The first-order valence-electron chi connectivity index (χ1n) is 19.2. The van der Waals surface area contributed by atoms with Crippen molar-refractivity contribution in [3.8, 4) is 0 Å². The van der Waals surface area contributed by atoms with Crippen LogP contribution >= 0.6 is 0 Å². The van der Waals surface area contributed by atoms with Gasteiger partial charge < -0.3 is 25.7 Å². The van der Waals surface area contributed by atoms with E-state index in [4.69, 9.17) is 0 Å². The van der Waals surface area contributed by atoms with Crippen molar-refractivity contribution in [1.29, 1.82) is 0 Å². The fraction of sp³-hybridized carbons (Fsp3) is 0.872. The zero-order chi connectivity index (χ0) is 33.2. The summed E-state index contributed by atoms with van der Waals surface area (Å²) in [5, 5.41) is 43.4. The lowest BCUT2D eigenvalue weighted by Gasteiger charge is -2.27.